The van der Waals surface area contributed by atoms with E-state index in [4.69, 9.17) is 0 Å². The van der Waals surface area contributed by atoms with E-state index in [0.29, 0.717) is 6.54 Å². The van der Waals surface area contributed by atoms with Gasteiger partial charge in [-0.1, -0.05) is 50.2 Å². The van der Waals surface area contributed by atoms with Crippen molar-refractivity contribution in [2.24, 2.45) is 0 Å². The molecule has 1 N–H and O–H groups in total. The van der Waals surface area contributed by atoms with Crippen molar-refractivity contribution in [2.75, 3.05) is 11.9 Å². The van der Waals surface area contributed by atoms with Crippen LogP contribution in [0.4, 0.5) is 10.5 Å². The monoisotopic (exact) mass is 373 g/mol. The highest BCUT2D eigenvalue weighted by atomic mass is 16.2. The summed E-state index contributed by atoms with van der Waals surface area (Å²) in [7, 11) is 0. The van der Waals surface area contributed by atoms with E-state index in [2.05, 4.69) is 35.4 Å². The van der Waals surface area contributed by atoms with E-state index in [1.165, 1.54) is 11.1 Å². The molecule has 0 atom stereocenters. The number of carbonyl (C=O) groups excluding carboxylic acids is 1. The van der Waals surface area contributed by atoms with Gasteiger partial charge in [0.2, 0.25) is 0 Å². The van der Waals surface area contributed by atoms with E-state index in [1.54, 1.807) is 6.20 Å². The lowest BCUT2D eigenvalue weighted by Gasteiger charge is -2.29. The third-order valence-electron chi connectivity index (χ3n) is 4.85. The minimum absolute atomic E-state index is 0.0599. The first-order valence-corrected chi connectivity index (χ1v) is 9.85. The minimum atomic E-state index is -0.0599. The second-order valence-electron chi connectivity index (χ2n) is 6.62. The summed E-state index contributed by atoms with van der Waals surface area (Å²) >= 11 is 0. The molecule has 28 heavy (non-hydrogen) atoms. The van der Waals surface area contributed by atoms with Gasteiger partial charge in [0, 0.05) is 30.5 Å². The summed E-state index contributed by atoms with van der Waals surface area (Å²) in [6.45, 7) is 7.44. The molecular formula is C24H27N3O. The summed E-state index contributed by atoms with van der Waals surface area (Å²) < 4.78 is 0. The van der Waals surface area contributed by atoms with Gasteiger partial charge in [0.1, 0.15) is 0 Å². The fraction of sp³-hybridized carbons (Fsp3) is 0.250. The zero-order valence-electron chi connectivity index (χ0n) is 16.8. The number of benzene rings is 2. The molecule has 2 heterocycles. The number of rotatable bonds is 2. The van der Waals surface area contributed by atoms with Crippen LogP contribution in [0.15, 0.2) is 66.9 Å². The van der Waals surface area contributed by atoms with Crippen LogP contribution in [0.3, 0.4) is 0 Å². The van der Waals surface area contributed by atoms with Crippen LogP contribution in [0, 0.1) is 6.92 Å². The van der Waals surface area contributed by atoms with Gasteiger partial charge >= 0.3 is 6.03 Å². The molecule has 0 unspecified atom stereocenters. The summed E-state index contributed by atoms with van der Waals surface area (Å²) in [5.41, 5.74) is 6.44. The van der Waals surface area contributed by atoms with Crippen molar-refractivity contribution in [3.8, 4) is 11.3 Å². The van der Waals surface area contributed by atoms with Gasteiger partial charge in [0.25, 0.3) is 0 Å². The molecule has 4 rings (SSSR count). The molecule has 4 heteroatoms. The molecular weight excluding hydrogens is 346 g/mol. The van der Waals surface area contributed by atoms with E-state index in [0.717, 1.165) is 35.5 Å². The lowest BCUT2D eigenvalue weighted by Crippen LogP contribution is -2.38. The van der Waals surface area contributed by atoms with Crippen LogP contribution in [-0.4, -0.2) is 22.5 Å². The van der Waals surface area contributed by atoms with Gasteiger partial charge in [-0.2, -0.15) is 0 Å². The molecule has 1 aliphatic rings. The summed E-state index contributed by atoms with van der Waals surface area (Å²) in [6.07, 6.45) is 2.68. The third kappa shape index (κ3) is 4.39. The number of anilines is 1. The van der Waals surface area contributed by atoms with E-state index in [9.17, 15) is 4.79 Å². The molecule has 4 nitrogen and oxygen atoms in total. The van der Waals surface area contributed by atoms with E-state index >= 15 is 0 Å². The maximum Gasteiger partial charge on any atom is 0.322 e. The predicted octanol–water partition coefficient (Wildman–Crippen LogP) is 5.67. The Morgan fingerprint density at radius 3 is 2.50 bits per heavy atom. The normalized spacial score (nSPS) is 12.5. The molecule has 3 aromatic rings. The minimum Gasteiger partial charge on any atom is -0.320 e. The maximum atomic E-state index is 12.7. The number of carbonyl (C=O) groups is 1. The topological polar surface area (TPSA) is 45.2 Å². The fourth-order valence-corrected chi connectivity index (χ4v) is 3.37. The largest absolute Gasteiger partial charge is 0.322 e. The zero-order valence-corrected chi connectivity index (χ0v) is 16.8. The second-order valence-corrected chi connectivity index (χ2v) is 6.62. The molecule has 0 saturated carbocycles. The molecule has 0 fully saturated rings. The molecule has 1 aliphatic heterocycles. The van der Waals surface area contributed by atoms with Crippen molar-refractivity contribution < 1.29 is 4.79 Å². The number of hydrogen-bond donors (Lipinski definition) is 1. The number of aryl methyl sites for hydroxylation is 1. The Morgan fingerprint density at radius 2 is 1.75 bits per heavy atom. The number of pyridine rings is 1. The Balaban J connectivity index is 0.00000109. The van der Waals surface area contributed by atoms with Crippen LogP contribution in [-0.2, 0) is 13.0 Å². The lowest BCUT2D eigenvalue weighted by atomic mass is 10.0. The van der Waals surface area contributed by atoms with E-state index < -0.39 is 0 Å². The van der Waals surface area contributed by atoms with Crippen molar-refractivity contribution in [3.05, 3.63) is 83.6 Å². The van der Waals surface area contributed by atoms with Crippen LogP contribution < -0.4 is 5.32 Å². The van der Waals surface area contributed by atoms with Gasteiger partial charge in [-0.3, -0.25) is 4.98 Å². The average Bonchev–Trinajstić information content (AvgIpc) is 2.76. The number of nitrogens with zero attached hydrogens (tertiary/aromatic N) is 2. The van der Waals surface area contributed by atoms with Crippen molar-refractivity contribution in [1.82, 2.24) is 9.88 Å². The second kappa shape index (κ2) is 9.18. The molecule has 1 aromatic heterocycles. The summed E-state index contributed by atoms with van der Waals surface area (Å²) in [5.74, 6) is 0. The number of hydrogen-bond acceptors (Lipinski definition) is 2. The smallest absolute Gasteiger partial charge is 0.320 e. The van der Waals surface area contributed by atoms with Gasteiger partial charge in [0.15, 0.2) is 0 Å². The lowest BCUT2D eigenvalue weighted by molar-refractivity contribution is 0.206. The van der Waals surface area contributed by atoms with Crippen LogP contribution in [0.5, 0.6) is 0 Å². The Bertz CT molecular complexity index is 938. The quantitative estimate of drug-likeness (QED) is 0.629. The number of amides is 2. The number of nitrogens with one attached hydrogen (secondary N) is 1. The first-order chi connectivity index (χ1) is 13.7. The highest BCUT2D eigenvalue weighted by Gasteiger charge is 2.20. The zero-order chi connectivity index (χ0) is 19.9. The van der Waals surface area contributed by atoms with Crippen molar-refractivity contribution in [1.29, 1.82) is 0 Å². The van der Waals surface area contributed by atoms with Crippen LogP contribution in [0.25, 0.3) is 11.3 Å². The average molecular weight is 374 g/mol. The van der Waals surface area contributed by atoms with Gasteiger partial charge < -0.3 is 10.2 Å². The van der Waals surface area contributed by atoms with E-state index in [1.807, 2.05) is 61.2 Å². The predicted molar refractivity (Wildman–Crippen MR) is 115 cm³/mol. The highest BCUT2D eigenvalue weighted by Crippen LogP contribution is 2.25. The molecule has 2 amide bonds. The molecule has 0 aliphatic carbocycles. The number of urea groups is 1. The fourth-order valence-electron chi connectivity index (χ4n) is 3.37. The molecule has 2 aromatic carbocycles. The van der Waals surface area contributed by atoms with Crippen LogP contribution in [0.2, 0.25) is 0 Å². The molecule has 0 saturated heterocycles. The first kappa shape index (κ1) is 19.6. The van der Waals surface area contributed by atoms with Gasteiger partial charge in [-0.05, 0) is 54.3 Å². The standard InChI is InChI=1S/C22H21N3O.C2H6/c1-16-9-10-19(14-20(16)21-8-4-5-12-23-21)24-22(26)25-13-11-17-6-2-3-7-18(17)15-25;1-2/h2-10,12,14H,11,13,15H2,1H3,(H,24,26);1-2H3. The molecule has 0 bridgehead atoms. The molecule has 144 valence electrons. The summed E-state index contributed by atoms with van der Waals surface area (Å²) in [4.78, 5) is 19.0. The van der Waals surface area contributed by atoms with Gasteiger partial charge in [0.05, 0.1) is 5.69 Å². The molecule has 0 spiro atoms. The first-order valence-electron chi connectivity index (χ1n) is 9.85. The highest BCUT2D eigenvalue weighted by molar-refractivity contribution is 5.90. The van der Waals surface area contributed by atoms with Crippen molar-refractivity contribution in [3.63, 3.8) is 0 Å². The third-order valence-corrected chi connectivity index (χ3v) is 4.85. The summed E-state index contributed by atoms with van der Waals surface area (Å²) in [5, 5.41) is 3.04. The number of aromatic nitrogens is 1. The van der Waals surface area contributed by atoms with Crippen molar-refractivity contribution in [2.45, 2.75) is 33.7 Å². The van der Waals surface area contributed by atoms with Gasteiger partial charge in [-0.25, -0.2) is 4.79 Å². The Kier molecular flexibility index (Phi) is 6.43. The van der Waals surface area contributed by atoms with Crippen LogP contribution in [0.1, 0.15) is 30.5 Å². The van der Waals surface area contributed by atoms with Gasteiger partial charge in [-0.15, -0.1) is 0 Å². The molecule has 0 radical (unpaired) electrons. The Morgan fingerprint density at radius 1 is 1.00 bits per heavy atom. The van der Waals surface area contributed by atoms with Crippen molar-refractivity contribution >= 4 is 11.7 Å². The SMILES string of the molecule is CC.Cc1ccc(NC(=O)N2CCc3ccccc3C2)cc1-c1ccccn1. The Hall–Kier alpha value is -3.14. The number of fused-ring (bicyclic) bond motifs is 1. The summed E-state index contributed by atoms with van der Waals surface area (Å²) in [6, 6.07) is 20.1. The Labute approximate surface area is 167 Å². The van der Waals surface area contributed by atoms with Crippen LogP contribution >= 0.6 is 0 Å². The maximum absolute atomic E-state index is 12.7. The van der Waals surface area contributed by atoms with E-state index in [-0.39, 0.29) is 6.03 Å².